The van der Waals surface area contributed by atoms with Gasteiger partial charge < -0.3 is 4.57 Å². The van der Waals surface area contributed by atoms with Gasteiger partial charge in [0.05, 0.1) is 11.0 Å². The predicted molar refractivity (Wildman–Crippen MR) is 76.8 cm³/mol. The van der Waals surface area contributed by atoms with Crippen molar-refractivity contribution >= 4 is 23.7 Å². The van der Waals surface area contributed by atoms with Crippen LogP contribution in [0.25, 0.3) is 11.0 Å². The lowest BCUT2D eigenvalue weighted by molar-refractivity contribution is 0.594. The normalized spacial score (nSPS) is 11.3. The Bertz CT molecular complexity index is 522. The van der Waals surface area contributed by atoms with Crippen molar-refractivity contribution < 1.29 is 4.39 Å². The van der Waals surface area contributed by atoms with E-state index in [4.69, 9.17) is 0 Å². The van der Waals surface area contributed by atoms with Crippen LogP contribution >= 0.6 is 12.6 Å². The number of fused-ring (bicyclic) bond motifs is 1. The molecule has 2 rings (SSSR count). The molecular formula is C14H19FN2S. The summed E-state index contributed by atoms with van der Waals surface area (Å²) in [5, 5.41) is 0. The second-order valence-electron chi connectivity index (χ2n) is 4.49. The fourth-order valence-electron chi connectivity index (χ4n) is 2.21. The van der Waals surface area contributed by atoms with Crippen LogP contribution in [-0.4, -0.2) is 15.3 Å². The number of hydrogen-bond donors (Lipinski definition) is 1. The highest BCUT2D eigenvalue weighted by Crippen LogP contribution is 2.19. The molecule has 0 fully saturated rings. The van der Waals surface area contributed by atoms with E-state index in [0.717, 1.165) is 42.0 Å². The van der Waals surface area contributed by atoms with Gasteiger partial charge in [-0.05, 0) is 24.3 Å². The van der Waals surface area contributed by atoms with Crippen LogP contribution in [0, 0.1) is 5.82 Å². The minimum Gasteiger partial charge on any atom is -0.328 e. The Morgan fingerprint density at radius 3 is 2.89 bits per heavy atom. The number of benzene rings is 1. The largest absolute Gasteiger partial charge is 0.328 e. The summed E-state index contributed by atoms with van der Waals surface area (Å²) in [6.45, 7) is 3.15. The first-order valence-electron chi connectivity index (χ1n) is 6.51. The molecular weight excluding hydrogens is 247 g/mol. The zero-order valence-electron chi connectivity index (χ0n) is 10.7. The molecule has 0 radical (unpaired) electrons. The lowest BCUT2D eigenvalue weighted by atomic mass is 10.2. The molecule has 2 aromatic rings. The first-order chi connectivity index (χ1) is 8.76. The molecule has 0 unspecified atom stereocenters. The third-order valence-corrected chi connectivity index (χ3v) is 3.33. The Morgan fingerprint density at radius 2 is 2.17 bits per heavy atom. The maximum absolute atomic E-state index is 13.2. The molecule has 18 heavy (non-hydrogen) atoms. The van der Waals surface area contributed by atoms with Crippen LogP contribution in [-0.2, 0) is 13.0 Å². The molecule has 0 amide bonds. The lowest BCUT2D eigenvalue weighted by Crippen LogP contribution is -2.04. The molecule has 1 heterocycles. The predicted octanol–water partition coefficient (Wildman–Crippen LogP) is 3.84. The van der Waals surface area contributed by atoms with Crippen LogP contribution in [0.1, 0.15) is 32.0 Å². The summed E-state index contributed by atoms with van der Waals surface area (Å²) in [7, 11) is 0. The monoisotopic (exact) mass is 266 g/mol. The van der Waals surface area contributed by atoms with Crippen molar-refractivity contribution in [3.8, 4) is 0 Å². The van der Waals surface area contributed by atoms with Gasteiger partial charge >= 0.3 is 0 Å². The maximum atomic E-state index is 13.2. The molecule has 4 heteroatoms. The van der Waals surface area contributed by atoms with E-state index in [1.807, 2.05) is 6.07 Å². The summed E-state index contributed by atoms with van der Waals surface area (Å²) in [4.78, 5) is 4.52. The average molecular weight is 266 g/mol. The summed E-state index contributed by atoms with van der Waals surface area (Å²) < 4.78 is 15.4. The molecule has 0 N–H and O–H groups in total. The topological polar surface area (TPSA) is 17.8 Å². The van der Waals surface area contributed by atoms with Gasteiger partial charge in [0, 0.05) is 19.0 Å². The highest BCUT2D eigenvalue weighted by atomic mass is 32.1. The number of thiol groups is 1. The molecule has 0 atom stereocenters. The van der Waals surface area contributed by atoms with Crippen LogP contribution < -0.4 is 0 Å². The second kappa shape index (κ2) is 6.23. The van der Waals surface area contributed by atoms with E-state index in [1.54, 1.807) is 0 Å². The Kier molecular flexibility index (Phi) is 4.64. The van der Waals surface area contributed by atoms with E-state index in [0.29, 0.717) is 0 Å². The minimum atomic E-state index is -0.224. The van der Waals surface area contributed by atoms with Crippen LogP contribution in [0.3, 0.4) is 0 Å². The van der Waals surface area contributed by atoms with Gasteiger partial charge in [0.1, 0.15) is 11.6 Å². The van der Waals surface area contributed by atoms with E-state index in [2.05, 4.69) is 29.1 Å². The van der Waals surface area contributed by atoms with Gasteiger partial charge in [0.25, 0.3) is 0 Å². The van der Waals surface area contributed by atoms with E-state index >= 15 is 0 Å². The van der Waals surface area contributed by atoms with Crippen molar-refractivity contribution in [2.24, 2.45) is 0 Å². The Morgan fingerprint density at radius 1 is 1.33 bits per heavy atom. The SMILES string of the molecule is CCCCCn1c(CCS)nc2cc(F)ccc21. The van der Waals surface area contributed by atoms with E-state index in [1.165, 1.54) is 25.0 Å². The molecule has 98 valence electrons. The number of imidazole rings is 1. The molecule has 0 aliphatic rings. The smallest absolute Gasteiger partial charge is 0.125 e. The average Bonchev–Trinajstić information content (AvgIpc) is 2.67. The third-order valence-electron chi connectivity index (χ3n) is 3.11. The van der Waals surface area contributed by atoms with Gasteiger partial charge in [-0.25, -0.2) is 9.37 Å². The first kappa shape index (κ1) is 13.4. The fourth-order valence-corrected chi connectivity index (χ4v) is 2.41. The van der Waals surface area contributed by atoms with Crippen molar-refractivity contribution in [2.75, 3.05) is 5.75 Å². The molecule has 1 aromatic heterocycles. The highest BCUT2D eigenvalue weighted by molar-refractivity contribution is 7.80. The van der Waals surface area contributed by atoms with Crippen LogP contribution in [0.4, 0.5) is 4.39 Å². The molecule has 0 bridgehead atoms. The Labute approximate surface area is 113 Å². The van der Waals surface area contributed by atoms with Crippen molar-refractivity contribution in [1.82, 2.24) is 9.55 Å². The number of rotatable bonds is 6. The van der Waals surface area contributed by atoms with Gasteiger partial charge in [-0.3, -0.25) is 0 Å². The van der Waals surface area contributed by atoms with Crippen molar-refractivity contribution in [2.45, 2.75) is 39.2 Å². The number of nitrogens with zero attached hydrogens (tertiary/aromatic N) is 2. The zero-order valence-corrected chi connectivity index (χ0v) is 11.6. The number of aromatic nitrogens is 2. The number of unbranched alkanes of at least 4 members (excludes halogenated alkanes) is 2. The van der Waals surface area contributed by atoms with Crippen LogP contribution in [0.15, 0.2) is 18.2 Å². The number of halogens is 1. The third kappa shape index (κ3) is 2.86. The van der Waals surface area contributed by atoms with Crippen LogP contribution in [0.5, 0.6) is 0 Å². The van der Waals surface area contributed by atoms with Gasteiger partial charge in [0.2, 0.25) is 0 Å². The number of aryl methyl sites for hydroxylation is 2. The van der Waals surface area contributed by atoms with Gasteiger partial charge in [-0.2, -0.15) is 12.6 Å². The number of hydrogen-bond acceptors (Lipinski definition) is 2. The summed E-state index contributed by atoms with van der Waals surface area (Å²) in [5.74, 6) is 1.55. The molecule has 0 aliphatic heterocycles. The molecule has 1 aromatic carbocycles. The molecule has 0 spiro atoms. The van der Waals surface area contributed by atoms with Gasteiger partial charge in [-0.1, -0.05) is 19.8 Å². The molecule has 0 saturated carbocycles. The zero-order chi connectivity index (χ0) is 13.0. The minimum absolute atomic E-state index is 0.224. The summed E-state index contributed by atoms with van der Waals surface area (Å²) in [6.07, 6.45) is 4.37. The Balaban J connectivity index is 2.35. The van der Waals surface area contributed by atoms with Crippen molar-refractivity contribution in [3.05, 3.63) is 29.8 Å². The van der Waals surface area contributed by atoms with E-state index in [9.17, 15) is 4.39 Å². The maximum Gasteiger partial charge on any atom is 0.125 e. The standard InChI is InChI=1S/C14H19FN2S/c1-2-3-4-8-17-13-6-5-11(15)10-12(13)16-14(17)7-9-18/h5-6,10,18H,2-4,7-9H2,1H3. The van der Waals surface area contributed by atoms with Crippen molar-refractivity contribution in [3.63, 3.8) is 0 Å². The van der Waals surface area contributed by atoms with Gasteiger partial charge in [-0.15, -0.1) is 0 Å². The summed E-state index contributed by atoms with van der Waals surface area (Å²) in [5.41, 5.74) is 1.78. The first-order valence-corrected chi connectivity index (χ1v) is 7.15. The molecule has 0 aliphatic carbocycles. The summed E-state index contributed by atoms with van der Waals surface area (Å²) in [6, 6.07) is 4.84. The molecule has 2 nitrogen and oxygen atoms in total. The molecule has 0 saturated heterocycles. The highest BCUT2D eigenvalue weighted by Gasteiger charge is 2.10. The van der Waals surface area contributed by atoms with E-state index in [-0.39, 0.29) is 5.82 Å². The van der Waals surface area contributed by atoms with Crippen molar-refractivity contribution in [1.29, 1.82) is 0 Å². The lowest BCUT2D eigenvalue weighted by Gasteiger charge is -2.08. The Hall–Kier alpha value is -1.03. The fraction of sp³-hybridized carbons (Fsp3) is 0.500. The summed E-state index contributed by atoms with van der Waals surface area (Å²) >= 11 is 4.26. The van der Waals surface area contributed by atoms with Crippen LogP contribution in [0.2, 0.25) is 0 Å². The van der Waals surface area contributed by atoms with Gasteiger partial charge in [0.15, 0.2) is 0 Å². The second-order valence-corrected chi connectivity index (χ2v) is 4.94. The van der Waals surface area contributed by atoms with E-state index < -0.39 is 0 Å². The quantitative estimate of drug-likeness (QED) is 0.621.